The maximum Gasteiger partial charge on any atom is 0.235 e. The molecule has 0 radical (unpaired) electrons. The minimum absolute atomic E-state index is 0.113. The first-order valence-corrected chi connectivity index (χ1v) is 10.6. The van der Waals surface area contributed by atoms with Gasteiger partial charge in [0.05, 0.1) is 11.5 Å². The largest absolute Gasteiger partial charge is 0.360 e. The van der Waals surface area contributed by atoms with E-state index < -0.39 is 0 Å². The van der Waals surface area contributed by atoms with Crippen molar-refractivity contribution < 1.29 is 14.1 Å². The van der Waals surface area contributed by atoms with Gasteiger partial charge in [-0.3, -0.25) is 9.59 Å². The fourth-order valence-corrected chi connectivity index (χ4v) is 3.52. The molecule has 1 saturated heterocycles. The number of piperazine rings is 1. The van der Waals surface area contributed by atoms with E-state index in [1.807, 2.05) is 12.1 Å². The molecule has 2 amide bonds. The van der Waals surface area contributed by atoms with Crippen LogP contribution in [0.4, 0.5) is 11.6 Å². The molecule has 2 aromatic heterocycles. The SMILES string of the molecule is Cc1cc(NC(=O)CSCC(=O)NCc2ccnc(N3CCN(C)CC3)c2)no1. The van der Waals surface area contributed by atoms with E-state index in [1.54, 1.807) is 19.2 Å². The highest BCUT2D eigenvalue weighted by molar-refractivity contribution is 8.00. The van der Waals surface area contributed by atoms with Gasteiger partial charge in [-0.25, -0.2) is 4.98 Å². The van der Waals surface area contributed by atoms with E-state index in [0.29, 0.717) is 18.1 Å². The topological polar surface area (TPSA) is 104 Å². The zero-order valence-electron chi connectivity index (χ0n) is 16.7. The lowest BCUT2D eigenvalue weighted by Gasteiger charge is -2.33. The fourth-order valence-electron chi connectivity index (χ4n) is 2.87. The highest BCUT2D eigenvalue weighted by Crippen LogP contribution is 2.15. The number of likely N-dealkylation sites (N-methyl/N-ethyl adjacent to an activating group) is 1. The van der Waals surface area contributed by atoms with Gasteiger partial charge >= 0.3 is 0 Å². The van der Waals surface area contributed by atoms with Gasteiger partial charge in [0.2, 0.25) is 11.8 Å². The average molecular weight is 419 g/mol. The van der Waals surface area contributed by atoms with E-state index in [2.05, 4.69) is 37.6 Å². The lowest BCUT2D eigenvalue weighted by molar-refractivity contribution is -0.118. The van der Waals surface area contributed by atoms with Crippen LogP contribution in [0, 0.1) is 6.92 Å². The van der Waals surface area contributed by atoms with Crippen LogP contribution in [-0.4, -0.2) is 71.6 Å². The third-order valence-corrected chi connectivity index (χ3v) is 5.42. The Hall–Kier alpha value is -2.59. The Morgan fingerprint density at radius 1 is 1.17 bits per heavy atom. The van der Waals surface area contributed by atoms with Crippen molar-refractivity contribution >= 4 is 35.2 Å². The number of anilines is 2. The van der Waals surface area contributed by atoms with Crippen LogP contribution in [0.5, 0.6) is 0 Å². The number of carbonyl (C=O) groups excluding carboxylic acids is 2. The van der Waals surface area contributed by atoms with E-state index >= 15 is 0 Å². The summed E-state index contributed by atoms with van der Waals surface area (Å²) in [4.78, 5) is 32.9. The van der Waals surface area contributed by atoms with Crippen molar-refractivity contribution in [1.29, 1.82) is 0 Å². The first-order chi connectivity index (χ1) is 14.0. The quantitative estimate of drug-likeness (QED) is 0.657. The molecule has 2 aromatic rings. The monoisotopic (exact) mass is 418 g/mol. The molecule has 156 valence electrons. The van der Waals surface area contributed by atoms with Crippen molar-refractivity contribution in [3.8, 4) is 0 Å². The first-order valence-electron chi connectivity index (χ1n) is 9.45. The number of rotatable bonds is 8. The number of pyridine rings is 1. The summed E-state index contributed by atoms with van der Waals surface area (Å²) in [5.41, 5.74) is 1.01. The second kappa shape index (κ2) is 10.3. The average Bonchev–Trinajstić information content (AvgIpc) is 3.11. The molecule has 29 heavy (non-hydrogen) atoms. The molecule has 3 rings (SSSR count). The van der Waals surface area contributed by atoms with Gasteiger partial charge in [-0.05, 0) is 31.7 Å². The van der Waals surface area contributed by atoms with E-state index in [9.17, 15) is 9.59 Å². The highest BCUT2D eigenvalue weighted by atomic mass is 32.2. The fraction of sp³-hybridized carbons (Fsp3) is 0.474. The molecule has 1 fully saturated rings. The lowest BCUT2D eigenvalue weighted by atomic mass is 10.2. The molecular formula is C19H26N6O3S. The normalized spacial score (nSPS) is 14.6. The Morgan fingerprint density at radius 3 is 2.66 bits per heavy atom. The van der Waals surface area contributed by atoms with Crippen LogP contribution in [0.1, 0.15) is 11.3 Å². The predicted molar refractivity (Wildman–Crippen MR) is 113 cm³/mol. The van der Waals surface area contributed by atoms with Crippen LogP contribution < -0.4 is 15.5 Å². The standard InChI is InChI=1S/C19H26N6O3S/c1-14-9-16(23-28-14)22-19(27)13-29-12-18(26)21-11-15-3-4-20-17(10-15)25-7-5-24(2)6-8-25/h3-4,9-10H,5-8,11-13H2,1-2H3,(H,21,26)(H,22,23,27). The number of thioether (sulfide) groups is 1. The van der Waals surface area contributed by atoms with Crippen LogP contribution in [-0.2, 0) is 16.1 Å². The van der Waals surface area contributed by atoms with Gasteiger partial charge in [0.25, 0.3) is 0 Å². The molecule has 2 N–H and O–H groups in total. The molecule has 0 saturated carbocycles. The van der Waals surface area contributed by atoms with Crippen molar-refractivity contribution in [1.82, 2.24) is 20.4 Å². The Morgan fingerprint density at radius 2 is 1.93 bits per heavy atom. The Kier molecular flexibility index (Phi) is 7.48. The van der Waals surface area contributed by atoms with Crippen molar-refractivity contribution in [2.45, 2.75) is 13.5 Å². The number of amides is 2. The smallest absolute Gasteiger partial charge is 0.235 e. The number of aromatic nitrogens is 2. The van der Waals surface area contributed by atoms with Gasteiger partial charge in [0.15, 0.2) is 5.82 Å². The second-order valence-corrected chi connectivity index (χ2v) is 7.94. The Bertz CT molecular complexity index is 835. The summed E-state index contributed by atoms with van der Waals surface area (Å²) in [5.74, 6) is 1.99. The maximum atomic E-state index is 12.1. The van der Waals surface area contributed by atoms with Crippen molar-refractivity contribution in [2.75, 3.05) is 54.9 Å². The number of hydrogen-bond donors (Lipinski definition) is 2. The summed E-state index contributed by atoms with van der Waals surface area (Å²) in [6.07, 6.45) is 1.78. The van der Waals surface area contributed by atoms with Gasteiger partial charge in [-0.15, -0.1) is 11.8 Å². The van der Waals surface area contributed by atoms with Crippen LogP contribution in [0.3, 0.4) is 0 Å². The summed E-state index contributed by atoms with van der Waals surface area (Å²) in [6.45, 7) is 6.12. The summed E-state index contributed by atoms with van der Waals surface area (Å²) in [6, 6.07) is 5.56. The molecule has 0 aromatic carbocycles. The summed E-state index contributed by atoms with van der Waals surface area (Å²) < 4.78 is 4.89. The molecule has 0 atom stereocenters. The van der Waals surface area contributed by atoms with Crippen LogP contribution in [0.2, 0.25) is 0 Å². The molecule has 9 nitrogen and oxygen atoms in total. The van der Waals surface area contributed by atoms with Crippen LogP contribution in [0.15, 0.2) is 28.9 Å². The van der Waals surface area contributed by atoms with E-state index in [1.165, 1.54) is 11.8 Å². The first kappa shape index (κ1) is 21.1. The third kappa shape index (κ3) is 6.75. The molecule has 0 bridgehead atoms. The molecule has 1 aliphatic rings. The predicted octanol–water partition coefficient (Wildman–Crippen LogP) is 1.12. The molecule has 3 heterocycles. The minimum atomic E-state index is -0.220. The maximum absolute atomic E-state index is 12.1. The molecular weight excluding hydrogens is 392 g/mol. The number of carbonyl (C=O) groups is 2. The van der Waals surface area contributed by atoms with Gasteiger partial charge in [0, 0.05) is 45.0 Å². The number of aryl methyl sites for hydroxylation is 1. The van der Waals surface area contributed by atoms with E-state index in [-0.39, 0.29) is 23.3 Å². The van der Waals surface area contributed by atoms with Crippen molar-refractivity contribution in [2.24, 2.45) is 0 Å². The molecule has 1 aliphatic heterocycles. The van der Waals surface area contributed by atoms with Gasteiger partial charge in [-0.2, -0.15) is 0 Å². The number of hydrogen-bond acceptors (Lipinski definition) is 8. The zero-order valence-corrected chi connectivity index (χ0v) is 17.5. The molecule has 0 aliphatic carbocycles. The zero-order chi connectivity index (χ0) is 20.6. The summed E-state index contributed by atoms with van der Waals surface area (Å²) in [7, 11) is 2.12. The van der Waals surface area contributed by atoms with Gasteiger partial charge < -0.3 is 25.0 Å². The van der Waals surface area contributed by atoms with Gasteiger partial charge in [0.1, 0.15) is 11.6 Å². The summed E-state index contributed by atoms with van der Waals surface area (Å²) >= 11 is 1.25. The second-order valence-electron chi connectivity index (χ2n) is 6.95. The number of nitrogens with zero attached hydrogens (tertiary/aromatic N) is 4. The molecule has 0 spiro atoms. The highest BCUT2D eigenvalue weighted by Gasteiger charge is 2.15. The van der Waals surface area contributed by atoms with E-state index in [0.717, 1.165) is 37.6 Å². The Labute approximate surface area is 174 Å². The van der Waals surface area contributed by atoms with E-state index in [4.69, 9.17) is 4.52 Å². The van der Waals surface area contributed by atoms with Gasteiger partial charge in [-0.1, -0.05) is 5.16 Å². The minimum Gasteiger partial charge on any atom is -0.360 e. The molecule has 0 unspecified atom stereocenters. The van der Waals surface area contributed by atoms with Crippen LogP contribution >= 0.6 is 11.8 Å². The lowest BCUT2D eigenvalue weighted by Crippen LogP contribution is -2.44. The van der Waals surface area contributed by atoms with Crippen LogP contribution in [0.25, 0.3) is 0 Å². The molecule has 10 heteroatoms. The Balaban J connectivity index is 1.37. The van der Waals surface area contributed by atoms with Crippen molar-refractivity contribution in [3.05, 3.63) is 35.7 Å². The summed E-state index contributed by atoms with van der Waals surface area (Å²) in [5, 5.41) is 9.21. The van der Waals surface area contributed by atoms with Crippen molar-refractivity contribution in [3.63, 3.8) is 0 Å². The third-order valence-electron chi connectivity index (χ3n) is 4.49. The number of nitrogens with one attached hydrogen (secondary N) is 2.